The van der Waals surface area contributed by atoms with Crippen LogP contribution in [0.3, 0.4) is 0 Å². The van der Waals surface area contributed by atoms with Crippen LogP contribution in [0.25, 0.3) is 0 Å². The van der Waals surface area contributed by atoms with Gasteiger partial charge in [0.05, 0.1) is 12.5 Å². The van der Waals surface area contributed by atoms with E-state index in [4.69, 9.17) is 16.3 Å². The van der Waals surface area contributed by atoms with Crippen LogP contribution in [0.2, 0.25) is 5.02 Å². The summed E-state index contributed by atoms with van der Waals surface area (Å²) in [5.74, 6) is -0.255. The lowest BCUT2D eigenvalue weighted by Crippen LogP contribution is -2.28. The van der Waals surface area contributed by atoms with E-state index in [1.54, 1.807) is 21.9 Å². The van der Waals surface area contributed by atoms with Gasteiger partial charge in [0.2, 0.25) is 22.9 Å². The summed E-state index contributed by atoms with van der Waals surface area (Å²) in [5, 5.41) is 12.8. The molecule has 1 aromatic heterocycles. The van der Waals surface area contributed by atoms with E-state index in [1.165, 1.54) is 11.3 Å². The number of hydrogen-bond donors (Lipinski definition) is 1. The SMILES string of the molecule is CCOc1ccc(N2CC(C(=O)Nc3nnc(C4CC(=O)N(c5ccc(Cl)cc5)C4)s3)CC2=O)cc1. The molecule has 2 aliphatic heterocycles. The molecule has 36 heavy (non-hydrogen) atoms. The number of ether oxygens (including phenoxy) is 1. The average Bonchev–Trinajstić information content (AvgIpc) is 3.59. The molecule has 0 radical (unpaired) electrons. The third-order valence-electron chi connectivity index (χ3n) is 6.24. The summed E-state index contributed by atoms with van der Waals surface area (Å²) >= 11 is 7.21. The molecule has 186 valence electrons. The summed E-state index contributed by atoms with van der Waals surface area (Å²) < 4.78 is 5.45. The predicted molar refractivity (Wildman–Crippen MR) is 138 cm³/mol. The number of nitrogens with zero attached hydrogens (tertiary/aromatic N) is 4. The first-order valence-electron chi connectivity index (χ1n) is 11.6. The number of carbonyl (C=O) groups excluding carboxylic acids is 3. The second-order valence-corrected chi connectivity index (χ2v) is 10.1. The summed E-state index contributed by atoms with van der Waals surface area (Å²) in [6.45, 7) is 3.25. The molecule has 2 saturated heterocycles. The second-order valence-electron chi connectivity index (χ2n) is 8.65. The average molecular weight is 526 g/mol. The van der Waals surface area contributed by atoms with E-state index >= 15 is 0 Å². The molecule has 0 bridgehead atoms. The quantitative estimate of drug-likeness (QED) is 0.498. The van der Waals surface area contributed by atoms with E-state index in [1.807, 2.05) is 43.3 Å². The molecular formula is C25H24ClN5O4S. The van der Waals surface area contributed by atoms with E-state index in [9.17, 15) is 14.4 Å². The van der Waals surface area contributed by atoms with Gasteiger partial charge in [0, 0.05) is 48.2 Å². The first-order chi connectivity index (χ1) is 17.4. The van der Waals surface area contributed by atoms with Gasteiger partial charge in [-0.15, -0.1) is 10.2 Å². The van der Waals surface area contributed by atoms with Crippen LogP contribution in [0.4, 0.5) is 16.5 Å². The number of rotatable bonds is 7. The Morgan fingerprint density at radius 2 is 1.64 bits per heavy atom. The molecule has 3 heterocycles. The van der Waals surface area contributed by atoms with Crippen molar-refractivity contribution >= 4 is 57.2 Å². The zero-order valence-corrected chi connectivity index (χ0v) is 21.1. The van der Waals surface area contributed by atoms with Crippen LogP contribution >= 0.6 is 22.9 Å². The fourth-order valence-corrected chi connectivity index (χ4v) is 5.39. The monoisotopic (exact) mass is 525 g/mol. The van der Waals surface area contributed by atoms with Crippen LogP contribution in [0.1, 0.15) is 30.7 Å². The third-order valence-corrected chi connectivity index (χ3v) is 7.49. The number of aromatic nitrogens is 2. The second kappa shape index (κ2) is 10.2. The number of hydrogen-bond acceptors (Lipinski definition) is 7. The minimum absolute atomic E-state index is 0.00181. The highest BCUT2D eigenvalue weighted by Crippen LogP contribution is 2.35. The predicted octanol–water partition coefficient (Wildman–Crippen LogP) is 4.10. The van der Waals surface area contributed by atoms with Gasteiger partial charge in [0.1, 0.15) is 10.8 Å². The largest absolute Gasteiger partial charge is 0.494 e. The van der Waals surface area contributed by atoms with E-state index in [0.29, 0.717) is 34.7 Å². The van der Waals surface area contributed by atoms with Gasteiger partial charge in [-0.2, -0.15) is 0 Å². The zero-order chi connectivity index (χ0) is 25.2. The van der Waals surface area contributed by atoms with Gasteiger partial charge in [0.15, 0.2) is 0 Å². The highest BCUT2D eigenvalue weighted by molar-refractivity contribution is 7.15. The standard InChI is InChI=1S/C25H24ClN5O4S/c1-2-35-20-9-7-19(8-10-20)30-13-15(11-21(30)32)23(34)27-25-29-28-24(36-25)16-12-22(33)31(14-16)18-5-3-17(26)4-6-18/h3-10,15-16H,2,11-14H2,1H3,(H,27,29,34). The van der Waals surface area contributed by atoms with E-state index in [0.717, 1.165) is 17.1 Å². The molecule has 5 rings (SSSR count). The van der Waals surface area contributed by atoms with Crippen molar-refractivity contribution in [3.8, 4) is 5.75 Å². The van der Waals surface area contributed by atoms with Gasteiger partial charge in [-0.3, -0.25) is 14.4 Å². The van der Waals surface area contributed by atoms with Crippen molar-refractivity contribution in [2.24, 2.45) is 5.92 Å². The third kappa shape index (κ3) is 5.05. The van der Waals surface area contributed by atoms with Crippen molar-refractivity contribution in [3.63, 3.8) is 0 Å². The Morgan fingerprint density at radius 1 is 1.00 bits per heavy atom. The lowest BCUT2D eigenvalue weighted by atomic mass is 10.1. The van der Waals surface area contributed by atoms with Gasteiger partial charge in [-0.1, -0.05) is 22.9 Å². The van der Waals surface area contributed by atoms with Gasteiger partial charge < -0.3 is 19.9 Å². The number of amides is 3. The summed E-state index contributed by atoms with van der Waals surface area (Å²) in [5.41, 5.74) is 1.51. The first-order valence-corrected chi connectivity index (χ1v) is 12.8. The molecule has 9 nitrogen and oxygen atoms in total. The topological polar surface area (TPSA) is 105 Å². The van der Waals surface area contributed by atoms with Crippen LogP contribution in [0.5, 0.6) is 5.75 Å². The van der Waals surface area contributed by atoms with Gasteiger partial charge in [0.25, 0.3) is 0 Å². The van der Waals surface area contributed by atoms with E-state index in [-0.39, 0.29) is 36.6 Å². The smallest absolute Gasteiger partial charge is 0.231 e. The zero-order valence-electron chi connectivity index (χ0n) is 19.5. The Hall–Kier alpha value is -3.50. The summed E-state index contributed by atoms with van der Waals surface area (Å²) in [7, 11) is 0. The Bertz CT molecular complexity index is 1280. The molecule has 2 aromatic carbocycles. The lowest BCUT2D eigenvalue weighted by molar-refractivity contribution is -0.122. The maximum absolute atomic E-state index is 12.9. The molecule has 11 heteroatoms. The van der Waals surface area contributed by atoms with Crippen LogP contribution in [-0.2, 0) is 14.4 Å². The maximum Gasteiger partial charge on any atom is 0.231 e. The lowest BCUT2D eigenvalue weighted by Gasteiger charge is -2.17. The van der Waals surface area contributed by atoms with Crippen LogP contribution in [-0.4, -0.2) is 47.6 Å². The number of anilines is 3. The van der Waals surface area contributed by atoms with Crippen molar-refractivity contribution in [1.82, 2.24) is 10.2 Å². The molecule has 0 saturated carbocycles. The Morgan fingerprint density at radius 3 is 2.33 bits per heavy atom. The highest BCUT2D eigenvalue weighted by Gasteiger charge is 2.37. The van der Waals surface area contributed by atoms with Crippen molar-refractivity contribution in [2.75, 3.05) is 34.8 Å². The Labute approximate surface area is 217 Å². The van der Waals surface area contributed by atoms with Crippen molar-refractivity contribution in [1.29, 1.82) is 0 Å². The molecule has 2 unspecified atom stereocenters. The van der Waals surface area contributed by atoms with Crippen LogP contribution < -0.4 is 19.9 Å². The molecule has 3 aromatic rings. The molecule has 2 fully saturated rings. The Kier molecular flexibility index (Phi) is 6.88. The van der Waals surface area contributed by atoms with Gasteiger partial charge >= 0.3 is 0 Å². The number of halogens is 1. The minimum Gasteiger partial charge on any atom is -0.494 e. The molecular weight excluding hydrogens is 502 g/mol. The molecule has 0 spiro atoms. The normalized spacial score (nSPS) is 19.7. The summed E-state index contributed by atoms with van der Waals surface area (Å²) in [6.07, 6.45) is 0.442. The fourth-order valence-electron chi connectivity index (χ4n) is 4.42. The number of benzene rings is 2. The molecule has 3 amide bonds. The fraction of sp³-hybridized carbons (Fsp3) is 0.320. The van der Waals surface area contributed by atoms with Gasteiger partial charge in [-0.25, -0.2) is 0 Å². The van der Waals surface area contributed by atoms with E-state index in [2.05, 4.69) is 15.5 Å². The van der Waals surface area contributed by atoms with Gasteiger partial charge in [-0.05, 0) is 55.5 Å². The highest BCUT2D eigenvalue weighted by atomic mass is 35.5. The number of carbonyl (C=O) groups is 3. The van der Waals surface area contributed by atoms with Crippen molar-refractivity contribution < 1.29 is 19.1 Å². The van der Waals surface area contributed by atoms with Crippen molar-refractivity contribution in [3.05, 3.63) is 58.6 Å². The molecule has 2 atom stereocenters. The Balaban J connectivity index is 1.19. The number of nitrogens with one attached hydrogen (secondary N) is 1. The summed E-state index contributed by atoms with van der Waals surface area (Å²) in [6, 6.07) is 14.4. The van der Waals surface area contributed by atoms with E-state index < -0.39 is 5.92 Å². The van der Waals surface area contributed by atoms with Crippen LogP contribution in [0.15, 0.2) is 48.5 Å². The molecule has 1 N–H and O–H groups in total. The molecule has 2 aliphatic rings. The van der Waals surface area contributed by atoms with Crippen molar-refractivity contribution in [2.45, 2.75) is 25.7 Å². The maximum atomic E-state index is 12.9. The minimum atomic E-state index is -0.495. The van der Waals surface area contributed by atoms with Crippen LogP contribution in [0, 0.1) is 5.92 Å². The molecule has 0 aliphatic carbocycles. The summed E-state index contributed by atoms with van der Waals surface area (Å²) in [4.78, 5) is 41.3. The first kappa shape index (κ1) is 24.2.